The van der Waals surface area contributed by atoms with Crippen molar-refractivity contribution in [1.82, 2.24) is 10.2 Å². The van der Waals surface area contributed by atoms with Crippen LogP contribution in [0.2, 0.25) is 0 Å². The number of hydrogen-bond acceptors (Lipinski definition) is 2. The van der Waals surface area contributed by atoms with Crippen molar-refractivity contribution in [3.63, 3.8) is 0 Å². The third-order valence-electron chi connectivity index (χ3n) is 2.93. The fourth-order valence-corrected chi connectivity index (χ4v) is 1.84. The van der Waals surface area contributed by atoms with E-state index in [4.69, 9.17) is 6.42 Å². The van der Waals surface area contributed by atoms with E-state index in [1.165, 1.54) is 45.2 Å². The second-order valence-corrected chi connectivity index (χ2v) is 4.55. The quantitative estimate of drug-likeness (QED) is 0.458. The van der Waals surface area contributed by atoms with Crippen molar-refractivity contribution in [2.45, 2.75) is 32.1 Å². The second-order valence-electron chi connectivity index (χ2n) is 4.55. The van der Waals surface area contributed by atoms with Gasteiger partial charge >= 0.3 is 0 Å². The molecular weight excluding hydrogens is 184 g/mol. The maximum atomic E-state index is 5.38. The molecule has 1 rings (SSSR count). The van der Waals surface area contributed by atoms with Crippen LogP contribution in [0.3, 0.4) is 0 Å². The largest absolute Gasteiger partial charge is 0.320 e. The topological polar surface area (TPSA) is 15.3 Å². The van der Waals surface area contributed by atoms with Gasteiger partial charge in [-0.3, -0.25) is 4.90 Å². The highest BCUT2D eigenvalue weighted by Crippen LogP contribution is 2.29. The molecule has 1 aliphatic carbocycles. The molecule has 1 aliphatic rings. The molecule has 0 aromatic rings. The van der Waals surface area contributed by atoms with Gasteiger partial charge in [0.25, 0.3) is 0 Å². The summed E-state index contributed by atoms with van der Waals surface area (Å²) in [5, 5.41) is 3.18. The highest BCUT2D eigenvalue weighted by Gasteiger charge is 2.23. The average Bonchev–Trinajstić information content (AvgIpc) is 3.01. The molecule has 1 fully saturated rings. The first kappa shape index (κ1) is 12.5. The number of nitrogens with one attached hydrogen (secondary N) is 1. The summed E-state index contributed by atoms with van der Waals surface area (Å²) in [5.41, 5.74) is 0. The van der Waals surface area contributed by atoms with Crippen molar-refractivity contribution in [1.29, 1.82) is 0 Å². The molecule has 0 bridgehead atoms. The van der Waals surface area contributed by atoms with Crippen molar-refractivity contribution in [3.05, 3.63) is 0 Å². The van der Waals surface area contributed by atoms with E-state index in [9.17, 15) is 0 Å². The summed E-state index contributed by atoms with van der Waals surface area (Å²) in [6.07, 6.45) is 12.1. The lowest BCUT2D eigenvalue weighted by atomic mass is 10.2. The first-order valence-electron chi connectivity index (χ1n) is 6.17. The van der Waals surface area contributed by atoms with Crippen molar-refractivity contribution in [2.24, 2.45) is 5.92 Å². The minimum atomic E-state index is 0.836. The first-order chi connectivity index (χ1) is 7.36. The Kier molecular flexibility index (Phi) is 6.47. The maximum absolute atomic E-state index is 5.38. The van der Waals surface area contributed by atoms with Crippen LogP contribution in [0.25, 0.3) is 0 Å². The number of hydrogen-bond donors (Lipinski definition) is 1. The second kappa shape index (κ2) is 7.73. The normalized spacial score (nSPS) is 15.5. The van der Waals surface area contributed by atoms with Gasteiger partial charge in [0.15, 0.2) is 0 Å². The molecule has 1 N–H and O–H groups in total. The van der Waals surface area contributed by atoms with E-state index in [2.05, 4.69) is 16.1 Å². The van der Waals surface area contributed by atoms with Crippen LogP contribution in [-0.2, 0) is 0 Å². The minimum Gasteiger partial charge on any atom is -0.320 e. The van der Waals surface area contributed by atoms with Crippen LogP contribution < -0.4 is 5.32 Å². The molecule has 86 valence electrons. The van der Waals surface area contributed by atoms with Crippen LogP contribution in [0, 0.1) is 18.3 Å². The van der Waals surface area contributed by atoms with Gasteiger partial charge in [-0.25, -0.2) is 0 Å². The molecule has 0 amide bonds. The third-order valence-corrected chi connectivity index (χ3v) is 2.93. The zero-order valence-corrected chi connectivity index (χ0v) is 9.97. The highest BCUT2D eigenvalue weighted by molar-refractivity contribution is 4.90. The predicted octanol–water partition coefficient (Wildman–Crippen LogP) is 1.72. The highest BCUT2D eigenvalue weighted by atomic mass is 15.1. The number of nitrogens with zero attached hydrogens (tertiary/aromatic N) is 1. The van der Waals surface area contributed by atoms with Gasteiger partial charge in [-0.1, -0.05) is 12.3 Å². The summed E-state index contributed by atoms with van der Waals surface area (Å²) in [5.74, 6) is 3.72. The maximum Gasteiger partial charge on any atom is 0.0599 e. The molecule has 0 aromatic heterocycles. The zero-order valence-electron chi connectivity index (χ0n) is 9.97. The minimum absolute atomic E-state index is 0.836. The van der Waals surface area contributed by atoms with E-state index >= 15 is 0 Å². The fraction of sp³-hybridized carbons (Fsp3) is 0.846. The number of unbranched alkanes of at least 4 members (excludes halogenated alkanes) is 2. The summed E-state index contributed by atoms with van der Waals surface area (Å²) >= 11 is 0. The van der Waals surface area contributed by atoms with Crippen molar-refractivity contribution < 1.29 is 0 Å². The van der Waals surface area contributed by atoms with Gasteiger partial charge in [-0.2, -0.15) is 0 Å². The summed E-state index contributed by atoms with van der Waals surface area (Å²) in [6.45, 7) is 4.39. The molecule has 0 unspecified atom stereocenters. The molecule has 0 radical (unpaired) electrons. The average molecular weight is 208 g/mol. The van der Waals surface area contributed by atoms with E-state index < -0.39 is 0 Å². The Hall–Kier alpha value is -0.520. The van der Waals surface area contributed by atoms with Crippen LogP contribution >= 0.6 is 0 Å². The number of terminal acetylenes is 1. The van der Waals surface area contributed by atoms with Gasteiger partial charge in [0.2, 0.25) is 0 Å². The lowest BCUT2D eigenvalue weighted by Crippen LogP contribution is -2.27. The van der Waals surface area contributed by atoms with Gasteiger partial charge in [0.05, 0.1) is 6.54 Å². The zero-order chi connectivity index (χ0) is 10.9. The predicted molar refractivity (Wildman–Crippen MR) is 65.8 cm³/mol. The van der Waals surface area contributed by atoms with E-state index in [1.54, 1.807) is 0 Å². The van der Waals surface area contributed by atoms with Gasteiger partial charge in [-0.05, 0) is 51.7 Å². The molecule has 15 heavy (non-hydrogen) atoms. The molecule has 0 atom stereocenters. The Morgan fingerprint density at radius 3 is 2.73 bits per heavy atom. The Bertz CT molecular complexity index is 191. The molecule has 0 saturated heterocycles. The van der Waals surface area contributed by atoms with Gasteiger partial charge < -0.3 is 5.32 Å². The monoisotopic (exact) mass is 208 g/mol. The fourth-order valence-electron chi connectivity index (χ4n) is 1.84. The van der Waals surface area contributed by atoms with E-state index in [0.29, 0.717) is 0 Å². The Labute approximate surface area is 94.4 Å². The molecule has 2 nitrogen and oxygen atoms in total. The van der Waals surface area contributed by atoms with Crippen molar-refractivity contribution in [3.8, 4) is 12.3 Å². The van der Waals surface area contributed by atoms with Gasteiger partial charge in [-0.15, -0.1) is 6.42 Å². The summed E-state index contributed by atoms with van der Waals surface area (Å²) in [4.78, 5) is 2.44. The van der Waals surface area contributed by atoms with Crippen LogP contribution in [-0.4, -0.2) is 38.1 Å². The van der Waals surface area contributed by atoms with Crippen LogP contribution in [0.15, 0.2) is 0 Å². The molecule has 0 spiro atoms. The SMILES string of the molecule is C#CCN(CCCCCNC)CC1CC1. The van der Waals surface area contributed by atoms with E-state index in [1.807, 2.05) is 7.05 Å². The van der Waals surface area contributed by atoms with Gasteiger partial charge in [0.1, 0.15) is 0 Å². The Morgan fingerprint density at radius 2 is 2.13 bits per heavy atom. The molecule has 0 heterocycles. The molecule has 2 heteroatoms. The smallest absolute Gasteiger partial charge is 0.0599 e. The third kappa shape index (κ3) is 6.54. The summed E-state index contributed by atoms with van der Waals surface area (Å²) in [7, 11) is 2.01. The Balaban J connectivity index is 2.00. The van der Waals surface area contributed by atoms with Crippen LogP contribution in [0.1, 0.15) is 32.1 Å². The molecular formula is C13H24N2. The van der Waals surface area contributed by atoms with E-state index in [-0.39, 0.29) is 0 Å². The van der Waals surface area contributed by atoms with Gasteiger partial charge in [0, 0.05) is 6.54 Å². The van der Waals surface area contributed by atoms with Crippen LogP contribution in [0.4, 0.5) is 0 Å². The van der Waals surface area contributed by atoms with Crippen molar-refractivity contribution in [2.75, 3.05) is 33.2 Å². The summed E-state index contributed by atoms with van der Waals surface area (Å²) < 4.78 is 0. The lowest BCUT2D eigenvalue weighted by Gasteiger charge is -2.19. The van der Waals surface area contributed by atoms with Crippen LogP contribution in [0.5, 0.6) is 0 Å². The lowest BCUT2D eigenvalue weighted by molar-refractivity contribution is 0.287. The molecule has 0 aromatic carbocycles. The number of rotatable bonds is 9. The summed E-state index contributed by atoms with van der Waals surface area (Å²) in [6, 6.07) is 0. The first-order valence-corrected chi connectivity index (χ1v) is 6.17. The van der Waals surface area contributed by atoms with Crippen molar-refractivity contribution >= 4 is 0 Å². The Morgan fingerprint density at radius 1 is 1.33 bits per heavy atom. The molecule has 0 aliphatic heterocycles. The standard InChI is InChI=1S/C13H24N2/c1-3-10-15(12-13-7-8-13)11-6-4-5-9-14-2/h1,13-14H,4-12H2,2H3. The van der Waals surface area contributed by atoms with E-state index in [0.717, 1.165) is 19.0 Å². The molecule has 1 saturated carbocycles.